The molecular formula is C24H32FN5O2. The van der Waals surface area contributed by atoms with Gasteiger partial charge in [0.1, 0.15) is 11.4 Å². The van der Waals surface area contributed by atoms with Crippen molar-refractivity contribution < 1.29 is 13.9 Å². The molecule has 0 unspecified atom stereocenters. The van der Waals surface area contributed by atoms with Crippen LogP contribution in [0.4, 0.5) is 20.7 Å². The average Bonchev–Trinajstić information content (AvgIpc) is 3.12. The Balaban J connectivity index is 1.51. The van der Waals surface area contributed by atoms with Crippen LogP contribution in [0.3, 0.4) is 0 Å². The van der Waals surface area contributed by atoms with Crippen LogP contribution in [0.25, 0.3) is 0 Å². The zero-order valence-corrected chi connectivity index (χ0v) is 19.1. The molecule has 172 valence electrons. The quantitative estimate of drug-likeness (QED) is 0.649. The number of amides is 1. The number of hydrogen-bond donors (Lipinski definition) is 2. The van der Waals surface area contributed by atoms with Gasteiger partial charge in [0, 0.05) is 36.0 Å². The summed E-state index contributed by atoms with van der Waals surface area (Å²) < 4.78 is 21.8. The molecule has 1 saturated carbocycles. The van der Waals surface area contributed by atoms with Crippen molar-refractivity contribution in [3.63, 3.8) is 0 Å². The van der Waals surface area contributed by atoms with Gasteiger partial charge in [-0.1, -0.05) is 19.3 Å². The van der Waals surface area contributed by atoms with Crippen molar-refractivity contribution in [3.8, 4) is 0 Å². The second kappa shape index (κ2) is 9.30. The number of aliphatic imine (C=N–C) groups is 1. The lowest BCUT2D eigenvalue weighted by Crippen LogP contribution is -2.32. The van der Waals surface area contributed by atoms with Crippen molar-refractivity contribution in [2.45, 2.75) is 84.0 Å². The van der Waals surface area contributed by atoms with Crippen molar-refractivity contribution in [1.82, 2.24) is 15.1 Å². The Labute approximate surface area is 188 Å². The number of anilines is 2. The molecule has 8 heteroatoms. The SMILES string of the molecule is CC(C)(C)OC(=O)NCc1cc(Nc2nn(C3CCCCC3)c3c2CN=CC3)ccc1F. The van der Waals surface area contributed by atoms with Crippen LogP contribution < -0.4 is 10.6 Å². The first-order valence-corrected chi connectivity index (χ1v) is 11.4. The number of carbonyl (C=O) groups is 1. The molecule has 0 spiro atoms. The highest BCUT2D eigenvalue weighted by atomic mass is 19.1. The number of rotatable bonds is 5. The lowest BCUT2D eigenvalue weighted by atomic mass is 9.95. The van der Waals surface area contributed by atoms with E-state index in [1.807, 2.05) is 6.21 Å². The number of halogens is 1. The summed E-state index contributed by atoms with van der Waals surface area (Å²) in [6.45, 7) is 5.99. The van der Waals surface area contributed by atoms with Crippen LogP contribution in [-0.4, -0.2) is 27.7 Å². The minimum atomic E-state index is -0.606. The van der Waals surface area contributed by atoms with Gasteiger partial charge in [-0.3, -0.25) is 9.67 Å². The zero-order chi connectivity index (χ0) is 22.7. The van der Waals surface area contributed by atoms with Crippen molar-refractivity contribution >= 4 is 23.8 Å². The van der Waals surface area contributed by atoms with Crippen LogP contribution in [-0.2, 0) is 24.2 Å². The number of nitrogens with zero attached hydrogens (tertiary/aromatic N) is 3. The Hall–Kier alpha value is -2.90. The van der Waals surface area contributed by atoms with E-state index in [-0.39, 0.29) is 12.4 Å². The summed E-state index contributed by atoms with van der Waals surface area (Å²) in [7, 11) is 0. The topological polar surface area (TPSA) is 80.5 Å². The average molecular weight is 442 g/mol. The van der Waals surface area contributed by atoms with Crippen LogP contribution in [0.15, 0.2) is 23.2 Å². The van der Waals surface area contributed by atoms with E-state index in [1.54, 1.807) is 32.9 Å². The van der Waals surface area contributed by atoms with E-state index in [9.17, 15) is 9.18 Å². The highest BCUT2D eigenvalue weighted by molar-refractivity contribution is 5.69. The van der Waals surface area contributed by atoms with Gasteiger partial charge in [0.05, 0.1) is 18.3 Å². The van der Waals surface area contributed by atoms with Crippen molar-refractivity contribution in [3.05, 3.63) is 40.8 Å². The smallest absolute Gasteiger partial charge is 0.407 e. The molecule has 1 amide bonds. The molecule has 1 aliphatic carbocycles. The second-order valence-corrected chi connectivity index (χ2v) is 9.52. The number of carbonyl (C=O) groups excluding carboxylic acids is 1. The fourth-order valence-corrected chi connectivity index (χ4v) is 4.33. The van der Waals surface area contributed by atoms with Crippen LogP contribution in [0.1, 0.15) is 75.7 Å². The molecule has 2 aliphatic rings. The first-order valence-electron chi connectivity index (χ1n) is 11.4. The summed E-state index contributed by atoms with van der Waals surface area (Å²) in [5.41, 5.74) is 2.82. The molecule has 0 atom stereocenters. The third-order valence-corrected chi connectivity index (χ3v) is 5.83. The molecule has 2 aromatic rings. The van der Waals surface area contributed by atoms with E-state index in [0.29, 0.717) is 18.2 Å². The molecule has 32 heavy (non-hydrogen) atoms. The molecular weight excluding hydrogens is 409 g/mol. The molecule has 2 N–H and O–H groups in total. The Bertz CT molecular complexity index is 1000. The monoisotopic (exact) mass is 441 g/mol. The third-order valence-electron chi connectivity index (χ3n) is 5.83. The van der Waals surface area contributed by atoms with E-state index in [4.69, 9.17) is 9.84 Å². The van der Waals surface area contributed by atoms with Crippen molar-refractivity contribution in [2.24, 2.45) is 4.99 Å². The normalized spacial score (nSPS) is 16.5. The summed E-state index contributed by atoms with van der Waals surface area (Å²) in [6.07, 6.45) is 8.25. The summed E-state index contributed by atoms with van der Waals surface area (Å²) in [5.74, 6) is 0.394. The Morgan fingerprint density at radius 1 is 1.25 bits per heavy atom. The van der Waals surface area contributed by atoms with Crippen LogP contribution in [0.2, 0.25) is 0 Å². The third kappa shape index (κ3) is 5.29. The fraction of sp³-hybridized carbons (Fsp3) is 0.542. The Kier molecular flexibility index (Phi) is 6.48. The van der Waals surface area contributed by atoms with Gasteiger partial charge in [0.15, 0.2) is 5.82 Å². The molecule has 7 nitrogen and oxygen atoms in total. The van der Waals surface area contributed by atoms with Crippen LogP contribution in [0, 0.1) is 5.82 Å². The molecule has 0 radical (unpaired) electrons. The van der Waals surface area contributed by atoms with Gasteiger partial charge < -0.3 is 15.4 Å². The van der Waals surface area contributed by atoms with E-state index in [0.717, 1.165) is 36.3 Å². The number of hydrogen-bond acceptors (Lipinski definition) is 5. The molecule has 1 fully saturated rings. The maximum atomic E-state index is 14.4. The van der Waals surface area contributed by atoms with Gasteiger partial charge >= 0.3 is 6.09 Å². The minimum Gasteiger partial charge on any atom is -0.444 e. The maximum absolute atomic E-state index is 14.4. The lowest BCUT2D eigenvalue weighted by molar-refractivity contribution is 0.0523. The molecule has 2 heterocycles. The summed E-state index contributed by atoms with van der Waals surface area (Å²) in [6, 6.07) is 5.22. The molecule has 1 aromatic heterocycles. The van der Waals surface area contributed by atoms with Crippen molar-refractivity contribution in [1.29, 1.82) is 0 Å². The van der Waals surface area contributed by atoms with Crippen LogP contribution >= 0.6 is 0 Å². The number of nitrogens with one attached hydrogen (secondary N) is 2. The van der Waals surface area contributed by atoms with Gasteiger partial charge in [-0.25, -0.2) is 9.18 Å². The predicted molar refractivity (Wildman–Crippen MR) is 123 cm³/mol. The number of fused-ring (bicyclic) bond motifs is 1. The minimum absolute atomic E-state index is 0.0369. The van der Waals surface area contributed by atoms with Crippen molar-refractivity contribution in [2.75, 3.05) is 5.32 Å². The number of benzene rings is 1. The summed E-state index contributed by atoms with van der Waals surface area (Å²) in [4.78, 5) is 16.4. The molecule has 0 bridgehead atoms. The van der Waals surface area contributed by atoms with Gasteiger partial charge in [-0.05, 0) is 51.8 Å². The van der Waals surface area contributed by atoms with Gasteiger partial charge in [-0.2, -0.15) is 5.10 Å². The molecule has 1 aromatic carbocycles. The standard InChI is InChI=1S/C24H32FN5O2/c1-24(2,3)32-23(31)27-14-16-13-17(9-10-20(16)25)28-22-19-15-26-12-11-21(19)30(29-22)18-7-5-4-6-8-18/h9-10,12-13,18H,4-8,11,14-15H2,1-3H3,(H,27,31)(H,28,29). The van der Waals surface area contributed by atoms with E-state index in [2.05, 4.69) is 20.3 Å². The highest BCUT2D eigenvalue weighted by Gasteiger charge is 2.25. The van der Waals surface area contributed by atoms with E-state index in [1.165, 1.54) is 31.0 Å². The first kappa shape index (κ1) is 22.3. The summed E-state index contributed by atoms with van der Waals surface area (Å²) in [5, 5.41) is 10.9. The number of ether oxygens (including phenoxy) is 1. The maximum Gasteiger partial charge on any atom is 0.407 e. The molecule has 1 aliphatic heterocycles. The largest absolute Gasteiger partial charge is 0.444 e. The lowest BCUT2D eigenvalue weighted by Gasteiger charge is -2.24. The summed E-state index contributed by atoms with van der Waals surface area (Å²) >= 11 is 0. The predicted octanol–water partition coefficient (Wildman–Crippen LogP) is 5.42. The highest BCUT2D eigenvalue weighted by Crippen LogP contribution is 2.34. The molecule has 0 saturated heterocycles. The fourth-order valence-electron chi connectivity index (χ4n) is 4.33. The van der Waals surface area contributed by atoms with E-state index < -0.39 is 11.7 Å². The Morgan fingerprint density at radius 2 is 2.03 bits per heavy atom. The number of aromatic nitrogens is 2. The van der Waals surface area contributed by atoms with Gasteiger partial charge in [0.25, 0.3) is 0 Å². The zero-order valence-electron chi connectivity index (χ0n) is 19.1. The Morgan fingerprint density at radius 3 is 2.78 bits per heavy atom. The van der Waals surface area contributed by atoms with Crippen LogP contribution in [0.5, 0.6) is 0 Å². The number of alkyl carbamates (subject to hydrolysis) is 1. The van der Waals surface area contributed by atoms with E-state index >= 15 is 0 Å². The second-order valence-electron chi connectivity index (χ2n) is 9.52. The molecule has 4 rings (SSSR count). The van der Waals surface area contributed by atoms with Gasteiger partial charge in [-0.15, -0.1) is 0 Å². The first-order chi connectivity index (χ1) is 15.3. The van der Waals surface area contributed by atoms with Gasteiger partial charge in [0.2, 0.25) is 0 Å².